The number of hydrogen-bond donors (Lipinski definition) is 0. The Kier molecular flexibility index (Phi) is 4.09. The molecule has 0 aliphatic heterocycles. The number of benzene rings is 3. The molecule has 0 aliphatic carbocycles. The van der Waals surface area contributed by atoms with Crippen molar-refractivity contribution in [3.05, 3.63) is 103 Å². The summed E-state index contributed by atoms with van der Waals surface area (Å²) in [5, 5.41) is 4.88. The highest BCUT2D eigenvalue weighted by atomic mass is 15.3. The van der Waals surface area contributed by atoms with Crippen LogP contribution in [-0.2, 0) is 0 Å². The first-order chi connectivity index (χ1) is 12.3. The summed E-state index contributed by atoms with van der Waals surface area (Å²) in [4.78, 5) is 0. The van der Waals surface area contributed by atoms with Gasteiger partial charge >= 0.3 is 0 Å². The normalized spacial score (nSPS) is 10.6. The topological polar surface area (TPSA) is 16.8 Å². The minimum absolute atomic E-state index is 0.963. The molecule has 0 N–H and O–H groups in total. The number of para-hydroxylation sites is 1. The van der Waals surface area contributed by atoms with E-state index in [0.29, 0.717) is 0 Å². The molecule has 1 aromatic heterocycles. The van der Waals surface area contributed by atoms with Gasteiger partial charge in [0.05, 0.1) is 5.56 Å². The highest BCUT2D eigenvalue weighted by molar-refractivity contribution is 5.68. The van der Waals surface area contributed by atoms with Gasteiger partial charge in [-0.25, -0.2) is 0 Å². The quantitative estimate of drug-likeness (QED) is 0.485. The maximum absolute atomic E-state index is 4.88. The van der Waals surface area contributed by atoms with Gasteiger partial charge in [-0.15, -0.1) is 0 Å². The second-order valence-corrected chi connectivity index (χ2v) is 6.08. The van der Waals surface area contributed by atoms with Crippen LogP contribution in [0.3, 0.4) is 0 Å². The molecule has 3 aromatic carbocycles. The van der Waals surface area contributed by atoms with Crippen LogP contribution in [0.4, 0.5) is 0 Å². The molecule has 0 saturated carbocycles. The van der Waals surface area contributed by atoms with Gasteiger partial charge in [0, 0.05) is 22.3 Å². The molecule has 0 fully saturated rings. The number of hydrogen-bond acceptors (Lipinski definition) is 1. The average molecular weight is 323 g/mol. The van der Waals surface area contributed by atoms with Crippen LogP contribution in [0.1, 0.15) is 5.56 Å². The van der Waals surface area contributed by atoms with Crippen molar-refractivity contribution in [2.45, 2.75) is 6.92 Å². The van der Waals surface area contributed by atoms with Crippen molar-refractivity contribution in [2.24, 2.45) is 0 Å². The number of aromatic nitrogens is 2. The van der Waals surface area contributed by atoms with Gasteiger partial charge in [0.1, 0.15) is 5.69 Å². The predicted octanol–water partition coefficient (Wildman–Crippen LogP) is 5.00. The Hall–Kier alpha value is -3.26. The van der Waals surface area contributed by atoms with Crippen LogP contribution >= 0.6 is 0 Å². The van der Waals surface area contributed by atoms with Gasteiger partial charge in [-0.2, -0.15) is 0 Å². The first-order valence-corrected chi connectivity index (χ1v) is 8.42. The number of aryl methyl sites for hydroxylation is 1. The zero-order chi connectivity index (χ0) is 17.1. The number of rotatable bonds is 3. The molecule has 4 rings (SSSR count). The molecule has 0 aliphatic rings. The highest BCUT2D eigenvalue weighted by Crippen LogP contribution is 2.23. The number of nitrogens with zero attached hydrogens (tertiary/aromatic N) is 2. The van der Waals surface area contributed by atoms with E-state index in [1.54, 1.807) is 0 Å². The van der Waals surface area contributed by atoms with E-state index in [1.807, 2.05) is 35.0 Å². The maximum atomic E-state index is 4.88. The third-order valence-electron chi connectivity index (χ3n) is 4.31. The monoisotopic (exact) mass is 323 g/mol. The van der Waals surface area contributed by atoms with E-state index < -0.39 is 0 Å². The second kappa shape index (κ2) is 6.70. The van der Waals surface area contributed by atoms with Gasteiger partial charge in [0.15, 0.2) is 0 Å². The Morgan fingerprint density at radius 1 is 0.640 bits per heavy atom. The van der Waals surface area contributed by atoms with Gasteiger partial charge in [-0.1, -0.05) is 83.5 Å². The largest absolute Gasteiger partial charge is 0.240 e. The van der Waals surface area contributed by atoms with Crippen molar-refractivity contribution in [3.8, 4) is 28.1 Å². The van der Waals surface area contributed by atoms with E-state index in [4.69, 9.17) is 5.10 Å². The molecule has 0 radical (unpaired) electrons. The van der Waals surface area contributed by atoms with E-state index in [9.17, 15) is 0 Å². The molecule has 4 aromatic rings. The molecular weight excluding hydrogens is 304 g/mol. The molecule has 0 bridgehead atoms. The molecule has 0 amide bonds. The van der Waals surface area contributed by atoms with E-state index in [1.165, 1.54) is 11.1 Å². The summed E-state index contributed by atoms with van der Waals surface area (Å²) >= 11 is 0. The van der Waals surface area contributed by atoms with Gasteiger partial charge in [0.2, 0.25) is 11.9 Å². The van der Waals surface area contributed by atoms with Crippen molar-refractivity contribution in [1.82, 2.24) is 5.10 Å². The first kappa shape index (κ1) is 15.3. The summed E-state index contributed by atoms with van der Waals surface area (Å²) in [7, 11) is 0. The Balaban J connectivity index is 1.94. The molecule has 0 unspecified atom stereocenters. The molecule has 25 heavy (non-hydrogen) atoms. The third-order valence-corrected chi connectivity index (χ3v) is 4.31. The van der Waals surface area contributed by atoms with Crippen LogP contribution in [0.5, 0.6) is 0 Å². The second-order valence-electron chi connectivity index (χ2n) is 6.08. The van der Waals surface area contributed by atoms with Crippen molar-refractivity contribution < 1.29 is 4.68 Å². The van der Waals surface area contributed by atoms with Crippen LogP contribution in [0.25, 0.3) is 28.1 Å². The lowest BCUT2D eigenvalue weighted by atomic mass is 10.0. The predicted molar refractivity (Wildman–Crippen MR) is 101 cm³/mol. The Labute approximate surface area is 148 Å². The molecule has 0 saturated heterocycles. The molecule has 0 atom stereocenters. The zero-order valence-corrected chi connectivity index (χ0v) is 14.1. The maximum Gasteiger partial charge on any atom is 0.240 e. The Morgan fingerprint density at radius 2 is 1.24 bits per heavy atom. The fraction of sp³-hybridized carbons (Fsp3) is 0.0435. The Bertz CT molecular complexity index is 935. The first-order valence-electron chi connectivity index (χ1n) is 8.42. The van der Waals surface area contributed by atoms with E-state index in [0.717, 1.165) is 22.5 Å². The van der Waals surface area contributed by atoms with E-state index >= 15 is 0 Å². The van der Waals surface area contributed by atoms with Crippen LogP contribution in [0.15, 0.2) is 97.2 Å². The van der Waals surface area contributed by atoms with Crippen molar-refractivity contribution in [1.29, 1.82) is 0 Å². The fourth-order valence-corrected chi connectivity index (χ4v) is 2.97. The van der Waals surface area contributed by atoms with Crippen molar-refractivity contribution in [2.75, 3.05) is 0 Å². The lowest BCUT2D eigenvalue weighted by Crippen LogP contribution is -2.36. The standard InChI is InChI=1S/C23H19N2/c1-18-10-8-9-15-23(18)25-17-21(19-11-4-2-5-12-19)16-22(24-25)20-13-6-3-7-14-20/h2-17H,1H3/q+1. The van der Waals surface area contributed by atoms with Crippen molar-refractivity contribution >= 4 is 0 Å². The van der Waals surface area contributed by atoms with Gasteiger partial charge < -0.3 is 0 Å². The molecule has 1 heterocycles. The molecule has 2 nitrogen and oxygen atoms in total. The van der Waals surface area contributed by atoms with E-state index in [-0.39, 0.29) is 0 Å². The summed E-state index contributed by atoms with van der Waals surface area (Å²) in [5.74, 6) is 0. The molecular formula is C23H19N2+. The lowest BCUT2D eigenvalue weighted by molar-refractivity contribution is -0.658. The summed E-state index contributed by atoms with van der Waals surface area (Å²) in [5.41, 5.74) is 6.71. The minimum Gasteiger partial charge on any atom is -0.0622 e. The van der Waals surface area contributed by atoms with Gasteiger partial charge in [-0.05, 0) is 18.6 Å². The van der Waals surface area contributed by atoms with Gasteiger partial charge in [-0.3, -0.25) is 0 Å². The smallest absolute Gasteiger partial charge is 0.0622 e. The van der Waals surface area contributed by atoms with Crippen LogP contribution < -0.4 is 4.68 Å². The average Bonchev–Trinajstić information content (AvgIpc) is 2.69. The molecule has 120 valence electrons. The minimum atomic E-state index is 0.963. The summed E-state index contributed by atoms with van der Waals surface area (Å²) in [6.45, 7) is 2.11. The molecule has 2 heteroatoms. The Morgan fingerprint density at radius 3 is 1.92 bits per heavy atom. The SMILES string of the molecule is Cc1ccccc1-[n+]1cc(-c2ccccc2)cc(-c2ccccc2)n1. The lowest BCUT2D eigenvalue weighted by Gasteiger charge is -2.05. The molecule has 0 spiro atoms. The zero-order valence-electron chi connectivity index (χ0n) is 14.1. The van der Waals surface area contributed by atoms with Gasteiger partial charge in [0.25, 0.3) is 0 Å². The highest BCUT2D eigenvalue weighted by Gasteiger charge is 2.16. The summed E-state index contributed by atoms with van der Waals surface area (Å²) in [6.07, 6.45) is 2.10. The van der Waals surface area contributed by atoms with Crippen LogP contribution in [-0.4, -0.2) is 5.10 Å². The summed E-state index contributed by atoms with van der Waals surface area (Å²) in [6, 6.07) is 31.2. The summed E-state index contributed by atoms with van der Waals surface area (Å²) < 4.78 is 1.99. The van der Waals surface area contributed by atoms with Crippen LogP contribution in [0.2, 0.25) is 0 Å². The fourth-order valence-electron chi connectivity index (χ4n) is 2.97. The van der Waals surface area contributed by atoms with Crippen LogP contribution in [0, 0.1) is 6.92 Å². The third kappa shape index (κ3) is 3.20. The van der Waals surface area contributed by atoms with Crippen molar-refractivity contribution in [3.63, 3.8) is 0 Å². The van der Waals surface area contributed by atoms with E-state index in [2.05, 4.69) is 73.8 Å².